The van der Waals surface area contributed by atoms with Crippen LogP contribution in [0.2, 0.25) is 0 Å². The van der Waals surface area contributed by atoms with E-state index in [0.29, 0.717) is 11.8 Å². The van der Waals surface area contributed by atoms with Crippen molar-refractivity contribution >= 4 is 11.8 Å². The second kappa shape index (κ2) is 3.20. The van der Waals surface area contributed by atoms with Gasteiger partial charge in [0.25, 0.3) is 0 Å². The van der Waals surface area contributed by atoms with E-state index in [1.54, 1.807) is 0 Å². The molecule has 0 spiro atoms. The standard InChI is InChI=1S/C9H12N2O2/c1-13-9(12)11-10-8-5-6-3-2-4-7(6)8/h2-3,6-7H,4-5H2,1H3,(H,11,12)/b10-8-. The molecular weight excluding hydrogens is 168 g/mol. The lowest BCUT2D eigenvalue weighted by atomic mass is 9.74. The van der Waals surface area contributed by atoms with Crippen molar-refractivity contribution in [2.24, 2.45) is 16.9 Å². The molecular formula is C9H12N2O2. The second-order valence-corrected chi connectivity index (χ2v) is 3.34. The minimum atomic E-state index is -0.498. The Labute approximate surface area is 76.6 Å². The van der Waals surface area contributed by atoms with Crippen molar-refractivity contribution in [2.45, 2.75) is 12.8 Å². The van der Waals surface area contributed by atoms with E-state index >= 15 is 0 Å². The third kappa shape index (κ3) is 1.43. The van der Waals surface area contributed by atoms with Crippen LogP contribution in [-0.2, 0) is 4.74 Å². The number of nitrogens with zero attached hydrogens (tertiary/aromatic N) is 1. The van der Waals surface area contributed by atoms with Crippen LogP contribution in [0.3, 0.4) is 0 Å². The van der Waals surface area contributed by atoms with Crippen LogP contribution in [0, 0.1) is 11.8 Å². The van der Waals surface area contributed by atoms with Crippen molar-refractivity contribution in [2.75, 3.05) is 7.11 Å². The van der Waals surface area contributed by atoms with Crippen molar-refractivity contribution in [3.05, 3.63) is 12.2 Å². The fourth-order valence-electron chi connectivity index (χ4n) is 1.83. The number of hydrogen-bond donors (Lipinski definition) is 1. The Morgan fingerprint density at radius 1 is 1.77 bits per heavy atom. The van der Waals surface area contributed by atoms with Crippen LogP contribution < -0.4 is 5.43 Å². The minimum absolute atomic E-state index is 0.498. The number of rotatable bonds is 1. The van der Waals surface area contributed by atoms with Crippen LogP contribution in [0.1, 0.15) is 12.8 Å². The van der Waals surface area contributed by atoms with Crippen LogP contribution in [0.25, 0.3) is 0 Å². The first-order chi connectivity index (χ1) is 6.31. The molecule has 0 aromatic rings. The highest BCUT2D eigenvalue weighted by molar-refractivity contribution is 5.94. The first-order valence-corrected chi connectivity index (χ1v) is 4.38. The van der Waals surface area contributed by atoms with Gasteiger partial charge in [0.1, 0.15) is 0 Å². The maximum Gasteiger partial charge on any atom is 0.427 e. The normalized spacial score (nSPS) is 32.5. The Morgan fingerprint density at radius 3 is 3.31 bits per heavy atom. The molecule has 4 nitrogen and oxygen atoms in total. The molecule has 0 aliphatic heterocycles. The summed E-state index contributed by atoms with van der Waals surface area (Å²) in [6.07, 6.45) is 5.94. The van der Waals surface area contributed by atoms with E-state index in [9.17, 15) is 4.79 Å². The van der Waals surface area contributed by atoms with Gasteiger partial charge < -0.3 is 4.74 Å². The summed E-state index contributed by atoms with van der Waals surface area (Å²) in [6, 6.07) is 0. The number of allylic oxidation sites excluding steroid dienone is 2. The molecule has 0 aromatic carbocycles. The Hall–Kier alpha value is -1.32. The predicted octanol–water partition coefficient (Wildman–Crippen LogP) is 1.29. The third-order valence-electron chi connectivity index (χ3n) is 2.64. The zero-order chi connectivity index (χ0) is 9.26. The Kier molecular flexibility index (Phi) is 2.04. The van der Waals surface area contributed by atoms with Gasteiger partial charge in [-0.15, -0.1) is 0 Å². The smallest absolute Gasteiger partial charge is 0.427 e. The van der Waals surface area contributed by atoms with Gasteiger partial charge in [0, 0.05) is 11.6 Å². The number of amides is 1. The number of carbonyl (C=O) groups is 1. The van der Waals surface area contributed by atoms with Gasteiger partial charge in [-0.1, -0.05) is 12.2 Å². The molecule has 2 rings (SSSR count). The number of carbonyl (C=O) groups excluding carboxylic acids is 1. The van der Waals surface area contributed by atoms with Gasteiger partial charge in [0.15, 0.2) is 0 Å². The zero-order valence-corrected chi connectivity index (χ0v) is 7.49. The summed E-state index contributed by atoms with van der Waals surface area (Å²) in [5.74, 6) is 1.20. The number of hydrazone groups is 1. The van der Waals surface area contributed by atoms with Crippen molar-refractivity contribution in [1.82, 2.24) is 5.43 Å². The summed E-state index contributed by atoms with van der Waals surface area (Å²) < 4.78 is 4.41. The van der Waals surface area contributed by atoms with E-state index in [4.69, 9.17) is 0 Å². The fourth-order valence-corrected chi connectivity index (χ4v) is 1.83. The molecule has 0 heterocycles. The Balaban J connectivity index is 1.86. The molecule has 2 aliphatic carbocycles. The Morgan fingerprint density at radius 2 is 2.62 bits per heavy atom. The van der Waals surface area contributed by atoms with Gasteiger partial charge in [-0.05, 0) is 18.8 Å². The number of fused-ring (bicyclic) bond motifs is 1. The van der Waals surface area contributed by atoms with Gasteiger partial charge in [-0.2, -0.15) is 5.10 Å². The van der Waals surface area contributed by atoms with Crippen LogP contribution in [0.4, 0.5) is 4.79 Å². The van der Waals surface area contributed by atoms with E-state index in [-0.39, 0.29) is 0 Å². The summed E-state index contributed by atoms with van der Waals surface area (Å²) in [5, 5.41) is 4.00. The Bertz CT molecular complexity index is 283. The molecule has 13 heavy (non-hydrogen) atoms. The third-order valence-corrected chi connectivity index (χ3v) is 2.64. The second-order valence-electron chi connectivity index (χ2n) is 3.34. The van der Waals surface area contributed by atoms with Crippen molar-refractivity contribution < 1.29 is 9.53 Å². The summed E-state index contributed by atoms with van der Waals surface area (Å²) in [4.78, 5) is 10.7. The lowest BCUT2D eigenvalue weighted by Crippen LogP contribution is -2.35. The quantitative estimate of drug-likeness (QED) is 0.488. The van der Waals surface area contributed by atoms with Gasteiger partial charge in [-0.25, -0.2) is 10.2 Å². The van der Waals surface area contributed by atoms with E-state index in [0.717, 1.165) is 18.6 Å². The fraction of sp³-hybridized carbons (Fsp3) is 0.556. The topological polar surface area (TPSA) is 50.7 Å². The molecule has 1 fully saturated rings. The average molecular weight is 180 g/mol. The van der Waals surface area contributed by atoms with E-state index < -0.39 is 6.09 Å². The summed E-state index contributed by atoms with van der Waals surface area (Å²) in [7, 11) is 1.33. The average Bonchev–Trinajstić information content (AvgIpc) is 2.47. The summed E-state index contributed by atoms with van der Waals surface area (Å²) in [6.45, 7) is 0. The van der Waals surface area contributed by atoms with E-state index in [2.05, 4.69) is 27.4 Å². The highest BCUT2D eigenvalue weighted by Crippen LogP contribution is 2.39. The molecule has 1 amide bonds. The molecule has 70 valence electrons. The maximum absolute atomic E-state index is 10.7. The summed E-state index contributed by atoms with van der Waals surface area (Å²) >= 11 is 0. The minimum Gasteiger partial charge on any atom is -0.452 e. The number of hydrogen-bond acceptors (Lipinski definition) is 3. The molecule has 0 saturated heterocycles. The number of methoxy groups -OCH3 is 1. The number of nitrogens with one attached hydrogen (secondary N) is 1. The monoisotopic (exact) mass is 180 g/mol. The molecule has 2 atom stereocenters. The predicted molar refractivity (Wildman–Crippen MR) is 48.3 cm³/mol. The lowest BCUT2D eigenvalue weighted by Gasteiger charge is -2.31. The highest BCUT2D eigenvalue weighted by atomic mass is 16.5. The zero-order valence-electron chi connectivity index (χ0n) is 7.49. The molecule has 0 aromatic heterocycles. The molecule has 1 saturated carbocycles. The first kappa shape index (κ1) is 8.29. The van der Waals surface area contributed by atoms with Gasteiger partial charge in [0.05, 0.1) is 7.11 Å². The number of ether oxygens (including phenoxy) is 1. The van der Waals surface area contributed by atoms with Crippen molar-refractivity contribution in [3.63, 3.8) is 0 Å². The highest BCUT2D eigenvalue weighted by Gasteiger charge is 2.37. The molecule has 4 heteroatoms. The first-order valence-electron chi connectivity index (χ1n) is 4.38. The van der Waals surface area contributed by atoms with Gasteiger partial charge >= 0.3 is 6.09 Å². The molecule has 2 aliphatic rings. The maximum atomic E-state index is 10.7. The lowest BCUT2D eigenvalue weighted by molar-refractivity contribution is 0.171. The molecule has 2 unspecified atom stereocenters. The molecule has 1 N–H and O–H groups in total. The molecule has 0 bridgehead atoms. The van der Waals surface area contributed by atoms with Crippen LogP contribution in [-0.4, -0.2) is 18.9 Å². The van der Waals surface area contributed by atoms with Crippen LogP contribution in [0.15, 0.2) is 17.3 Å². The van der Waals surface area contributed by atoms with E-state index in [1.807, 2.05) is 0 Å². The SMILES string of the molecule is COC(=O)N/N=C1/CC2C=CCC12. The van der Waals surface area contributed by atoms with E-state index in [1.165, 1.54) is 7.11 Å². The van der Waals surface area contributed by atoms with Gasteiger partial charge in [0.2, 0.25) is 0 Å². The largest absolute Gasteiger partial charge is 0.452 e. The van der Waals surface area contributed by atoms with Crippen LogP contribution >= 0.6 is 0 Å². The summed E-state index contributed by atoms with van der Waals surface area (Å²) in [5.41, 5.74) is 3.43. The van der Waals surface area contributed by atoms with Gasteiger partial charge in [-0.3, -0.25) is 0 Å². The van der Waals surface area contributed by atoms with Crippen molar-refractivity contribution in [1.29, 1.82) is 0 Å². The van der Waals surface area contributed by atoms with Crippen molar-refractivity contribution in [3.8, 4) is 0 Å². The van der Waals surface area contributed by atoms with Crippen LogP contribution in [0.5, 0.6) is 0 Å². The molecule has 0 radical (unpaired) electrons.